The summed E-state index contributed by atoms with van der Waals surface area (Å²) in [5.41, 5.74) is 2.85. The highest BCUT2D eigenvalue weighted by molar-refractivity contribution is 7.80. The van der Waals surface area contributed by atoms with Gasteiger partial charge in [-0.25, -0.2) is 4.98 Å². The molecule has 1 aromatic rings. The molecule has 1 aliphatic heterocycles. The van der Waals surface area contributed by atoms with Gasteiger partial charge in [0, 0.05) is 45.5 Å². The fourth-order valence-corrected chi connectivity index (χ4v) is 3.39. The van der Waals surface area contributed by atoms with Gasteiger partial charge in [-0.3, -0.25) is 10.3 Å². The molecule has 0 atom stereocenters. The van der Waals surface area contributed by atoms with Crippen molar-refractivity contribution in [1.29, 1.82) is 0 Å². The largest absolute Gasteiger partial charge is 0.379 e. The van der Waals surface area contributed by atoms with E-state index >= 15 is 0 Å². The SMILES string of the molecule is CCN(CC)c1ncc(/C=N\NC(=S)NCCN2CCOCC2)s1. The molecule has 0 amide bonds. The topological polar surface area (TPSA) is 65.0 Å². The third-order valence-electron chi connectivity index (χ3n) is 3.72. The smallest absolute Gasteiger partial charge is 0.187 e. The Labute approximate surface area is 153 Å². The van der Waals surface area contributed by atoms with Crippen LogP contribution >= 0.6 is 23.6 Å². The molecule has 1 fully saturated rings. The second-order valence-corrected chi connectivity index (χ2v) is 6.75. The van der Waals surface area contributed by atoms with Crippen molar-refractivity contribution in [3.05, 3.63) is 11.1 Å². The van der Waals surface area contributed by atoms with Crippen molar-refractivity contribution in [2.75, 3.05) is 57.4 Å². The first-order chi connectivity index (χ1) is 11.7. The zero-order valence-corrected chi connectivity index (χ0v) is 16.0. The predicted molar refractivity (Wildman–Crippen MR) is 104 cm³/mol. The van der Waals surface area contributed by atoms with Crippen LogP contribution in [0.25, 0.3) is 0 Å². The number of thiocarbonyl (C=S) groups is 1. The third kappa shape index (κ3) is 6.31. The summed E-state index contributed by atoms with van der Waals surface area (Å²) in [6.45, 7) is 11.5. The molecule has 0 saturated carbocycles. The summed E-state index contributed by atoms with van der Waals surface area (Å²) in [6, 6.07) is 0. The number of nitrogens with zero attached hydrogens (tertiary/aromatic N) is 4. The molecule has 0 bridgehead atoms. The molecule has 9 heteroatoms. The Morgan fingerprint density at radius 1 is 1.46 bits per heavy atom. The van der Waals surface area contributed by atoms with E-state index in [0.717, 1.165) is 62.5 Å². The Hall–Kier alpha value is -1.29. The van der Waals surface area contributed by atoms with E-state index in [9.17, 15) is 0 Å². The average molecular weight is 371 g/mol. The molecule has 2 rings (SSSR count). The molecule has 2 heterocycles. The van der Waals surface area contributed by atoms with E-state index in [0.29, 0.717) is 5.11 Å². The summed E-state index contributed by atoms with van der Waals surface area (Å²) in [5.74, 6) is 0. The van der Waals surface area contributed by atoms with Gasteiger partial charge in [0.25, 0.3) is 0 Å². The molecule has 0 aliphatic carbocycles. The lowest BCUT2D eigenvalue weighted by atomic mass is 10.4. The quantitative estimate of drug-likeness (QED) is 0.404. The first-order valence-corrected chi connectivity index (χ1v) is 9.53. The van der Waals surface area contributed by atoms with Crippen LogP contribution in [0.4, 0.5) is 5.13 Å². The normalized spacial score (nSPS) is 15.6. The zero-order chi connectivity index (χ0) is 17.2. The molecule has 1 saturated heterocycles. The minimum Gasteiger partial charge on any atom is -0.379 e. The first kappa shape index (κ1) is 19.0. The zero-order valence-electron chi connectivity index (χ0n) is 14.3. The number of nitrogens with one attached hydrogen (secondary N) is 2. The molecule has 0 aromatic carbocycles. The van der Waals surface area contributed by atoms with E-state index in [1.165, 1.54) is 0 Å². The summed E-state index contributed by atoms with van der Waals surface area (Å²) < 4.78 is 5.33. The lowest BCUT2D eigenvalue weighted by molar-refractivity contribution is 0.0389. The number of hydrazone groups is 1. The highest BCUT2D eigenvalue weighted by Crippen LogP contribution is 2.20. The van der Waals surface area contributed by atoms with Gasteiger partial charge < -0.3 is 15.0 Å². The molecular weight excluding hydrogens is 344 g/mol. The Morgan fingerprint density at radius 2 is 2.21 bits per heavy atom. The molecule has 7 nitrogen and oxygen atoms in total. The van der Waals surface area contributed by atoms with Crippen LogP contribution < -0.4 is 15.6 Å². The monoisotopic (exact) mass is 370 g/mol. The van der Waals surface area contributed by atoms with E-state index in [1.54, 1.807) is 17.6 Å². The van der Waals surface area contributed by atoms with Gasteiger partial charge in [0.2, 0.25) is 0 Å². The maximum Gasteiger partial charge on any atom is 0.187 e. The first-order valence-electron chi connectivity index (χ1n) is 8.30. The van der Waals surface area contributed by atoms with Crippen LogP contribution in [0, 0.1) is 0 Å². The lowest BCUT2D eigenvalue weighted by Crippen LogP contribution is -2.42. The number of morpholine rings is 1. The number of thiazole rings is 1. The number of hydrogen-bond acceptors (Lipinski definition) is 7. The van der Waals surface area contributed by atoms with Gasteiger partial charge in [0.05, 0.1) is 24.3 Å². The summed E-state index contributed by atoms with van der Waals surface area (Å²) in [5, 5.41) is 8.89. The summed E-state index contributed by atoms with van der Waals surface area (Å²) in [4.78, 5) is 9.99. The molecule has 134 valence electrons. The lowest BCUT2D eigenvalue weighted by Gasteiger charge is -2.26. The van der Waals surface area contributed by atoms with Gasteiger partial charge in [-0.2, -0.15) is 5.10 Å². The average Bonchev–Trinajstić information content (AvgIpc) is 3.06. The van der Waals surface area contributed by atoms with Crippen LogP contribution in [0.5, 0.6) is 0 Å². The summed E-state index contributed by atoms with van der Waals surface area (Å²) >= 11 is 6.84. The van der Waals surface area contributed by atoms with Crippen molar-refractivity contribution >= 4 is 40.0 Å². The van der Waals surface area contributed by atoms with E-state index in [1.807, 2.05) is 6.20 Å². The highest BCUT2D eigenvalue weighted by Gasteiger charge is 2.09. The van der Waals surface area contributed by atoms with Gasteiger partial charge >= 0.3 is 0 Å². The molecule has 24 heavy (non-hydrogen) atoms. The Kier molecular flexibility index (Phi) is 8.37. The molecule has 2 N–H and O–H groups in total. The molecule has 1 aromatic heterocycles. The van der Waals surface area contributed by atoms with Gasteiger partial charge in [0.15, 0.2) is 10.2 Å². The van der Waals surface area contributed by atoms with Crippen molar-refractivity contribution < 1.29 is 4.74 Å². The molecule has 1 aliphatic rings. The standard InChI is InChI=1S/C15H26N6OS2/c1-3-21(4-2)15-17-11-13(24-15)12-18-19-14(23)16-5-6-20-7-9-22-10-8-20/h11-12H,3-10H2,1-2H3,(H2,16,19,23)/b18-12-. The Balaban J connectivity index is 1.66. The van der Waals surface area contributed by atoms with Crippen LogP contribution in [-0.4, -0.2) is 73.7 Å². The molecule has 0 spiro atoms. The van der Waals surface area contributed by atoms with Crippen molar-refractivity contribution in [2.45, 2.75) is 13.8 Å². The molecule has 0 unspecified atom stereocenters. The van der Waals surface area contributed by atoms with Crippen molar-refractivity contribution in [2.24, 2.45) is 5.10 Å². The van der Waals surface area contributed by atoms with E-state index < -0.39 is 0 Å². The number of anilines is 1. The van der Waals surface area contributed by atoms with E-state index in [-0.39, 0.29) is 0 Å². The number of ether oxygens (including phenoxy) is 1. The molecular formula is C15H26N6OS2. The molecule has 0 radical (unpaired) electrons. The Morgan fingerprint density at radius 3 is 2.92 bits per heavy atom. The van der Waals surface area contributed by atoms with Crippen LogP contribution in [0.3, 0.4) is 0 Å². The van der Waals surface area contributed by atoms with Crippen LogP contribution in [-0.2, 0) is 4.74 Å². The second kappa shape index (κ2) is 10.5. The van der Waals surface area contributed by atoms with E-state index in [2.05, 4.69) is 44.5 Å². The van der Waals surface area contributed by atoms with E-state index in [4.69, 9.17) is 17.0 Å². The minimum absolute atomic E-state index is 0.535. The second-order valence-electron chi connectivity index (χ2n) is 5.30. The maximum atomic E-state index is 5.33. The number of rotatable bonds is 8. The van der Waals surface area contributed by atoms with Gasteiger partial charge in [-0.15, -0.1) is 0 Å². The Bertz CT molecular complexity index is 526. The van der Waals surface area contributed by atoms with Gasteiger partial charge in [0.1, 0.15) is 0 Å². The maximum absolute atomic E-state index is 5.33. The van der Waals surface area contributed by atoms with Crippen molar-refractivity contribution in [3.63, 3.8) is 0 Å². The van der Waals surface area contributed by atoms with Crippen molar-refractivity contribution in [3.8, 4) is 0 Å². The fourth-order valence-electron chi connectivity index (χ4n) is 2.32. The number of aromatic nitrogens is 1. The van der Waals surface area contributed by atoms with Crippen LogP contribution in [0.2, 0.25) is 0 Å². The predicted octanol–water partition coefficient (Wildman–Crippen LogP) is 1.12. The summed E-state index contributed by atoms with van der Waals surface area (Å²) in [7, 11) is 0. The highest BCUT2D eigenvalue weighted by atomic mass is 32.1. The van der Waals surface area contributed by atoms with Gasteiger partial charge in [-0.05, 0) is 26.1 Å². The van der Waals surface area contributed by atoms with Crippen LogP contribution in [0.1, 0.15) is 18.7 Å². The summed E-state index contributed by atoms with van der Waals surface area (Å²) in [6.07, 6.45) is 3.58. The minimum atomic E-state index is 0.535. The third-order valence-corrected chi connectivity index (χ3v) is 4.95. The van der Waals surface area contributed by atoms with Gasteiger partial charge in [-0.1, -0.05) is 11.3 Å². The van der Waals surface area contributed by atoms with Crippen LogP contribution in [0.15, 0.2) is 11.3 Å². The number of hydrogen-bond donors (Lipinski definition) is 2. The fraction of sp³-hybridized carbons (Fsp3) is 0.667. The van der Waals surface area contributed by atoms with Crippen molar-refractivity contribution in [1.82, 2.24) is 20.6 Å².